The molecule has 2 rings (SSSR count). The molecule has 1 atom stereocenters. The fraction of sp³-hybridized carbons (Fsp3) is 0.154. The van der Waals surface area contributed by atoms with Crippen molar-refractivity contribution in [1.29, 1.82) is 0 Å². The minimum absolute atomic E-state index is 0.00398. The quantitative estimate of drug-likeness (QED) is 0.875. The van der Waals surface area contributed by atoms with Gasteiger partial charge in [-0.3, -0.25) is 0 Å². The molecule has 5 heteroatoms. The lowest BCUT2D eigenvalue weighted by atomic mass is 10.1. The monoisotopic (exact) mass is 249 g/mol. The Labute approximate surface area is 104 Å². The van der Waals surface area contributed by atoms with Crippen LogP contribution >= 0.6 is 0 Å². The predicted octanol–water partition coefficient (Wildman–Crippen LogP) is 2.47. The molecule has 2 aromatic rings. The van der Waals surface area contributed by atoms with Gasteiger partial charge in [0, 0.05) is 12.6 Å². The summed E-state index contributed by atoms with van der Waals surface area (Å²) in [5.41, 5.74) is 6.57. The van der Waals surface area contributed by atoms with Gasteiger partial charge in [0.05, 0.1) is 12.2 Å². The van der Waals surface area contributed by atoms with E-state index >= 15 is 0 Å². The van der Waals surface area contributed by atoms with Gasteiger partial charge in [-0.05, 0) is 5.56 Å². The van der Waals surface area contributed by atoms with Crippen LogP contribution in [-0.4, -0.2) is 11.5 Å². The van der Waals surface area contributed by atoms with Crippen LogP contribution in [0.4, 0.5) is 14.6 Å². The van der Waals surface area contributed by atoms with Gasteiger partial charge in [0.1, 0.15) is 5.82 Å². The average molecular weight is 249 g/mol. The largest absolute Gasteiger partial charge is 0.360 e. The van der Waals surface area contributed by atoms with Crippen molar-refractivity contribution in [3.05, 3.63) is 59.8 Å². The molecule has 0 aliphatic carbocycles. The van der Waals surface area contributed by atoms with Crippen molar-refractivity contribution < 1.29 is 8.78 Å². The Morgan fingerprint density at radius 1 is 1.22 bits per heavy atom. The predicted molar refractivity (Wildman–Crippen MR) is 66.0 cm³/mol. The molecule has 0 spiro atoms. The SMILES string of the molecule is NCC(Nc1ncc(F)cc1F)c1ccccc1. The Bertz CT molecular complexity index is 517. The summed E-state index contributed by atoms with van der Waals surface area (Å²) in [5.74, 6) is -1.44. The lowest BCUT2D eigenvalue weighted by molar-refractivity contribution is 0.573. The Hall–Kier alpha value is -2.01. The van der Waals surface area contributed by atoms with Crippen LogP contribution in [-0.2, 0) is 0 Å². The Balaban J connectivity index is 2.21. The van der Waals surface area contributed by atoms with Crippen LogP contribution in [0.3, 0.4) is 0 Å². The summed E-state index contributed by atoms with van der Waals surface area (Å²) < 4.78 is 26.2. The number of hydrogen-bond acceptors (Lipinski definition) is 3. The fourth-order valence-corrected chi connectivity index (χ4v) is 1.65. The number of nitrogens with two attached hydrogens (primary N) is 1. The van der Waals surface area contributed by atoms with E-state index in [0.29, 0.717) is 0 Å². The first kappa shape index (κ1) is 12.4. The number of rotatable bonds is 4. The Morgan fingerprint density at radius 3 is 2.56 bits per heavy atom. The number of nitrogens with one attached hydrogen (secondary N) is 1. The maximum Gasteiger partial charge on any atom is 0.168 e. The molecule has 18 heavy (non-hydrogen) atoms. The third kappa shape index (κ3) is 2.81. The van der Waals surface area contributed by atoms with E-state index in [2.05, 4.69) is 10.3 Å². The number of halogens is 2. The Kier molecular flexibility index (Phi) is 3.84. The van der Waals surface area contributed by atoms with Crippen LogP contribution in [0.15, 0.2) is 42.6 Å². The summed E-state index contributed by atoms with van der Waals surface area (Å²) in [4.78, 5) is 3.67. The standard InChI is InChI=1S/C13H13F2N3/c14-10-6-11(15)13(17-8-10)18-12(7-16)9-4-2-1-3-5-9/h1-6,8,12H,7,16H2,(H,17,18). The summed E-state index contributed by atoms with van der Waals surface area (Å²) in [6, 6.07) is 9.90. The van der Waals surface area contributed by atoms with Crippen molar-refractivity contribution >= 4 is 5.82 Å². The maximum absolute atomic E-state index is 13.5. The van der Waals surface area contributed by atoms with Gasteiger partial charge in [-0.25, -0.2) is 13.8 Å². The first-order chi connectivity index (χ1) is 8.70. The lowest BCUT2D eigenvalue weighted by Crippen LogP contribution is -2.21. The van der Waals surface area contributed by atoms with Crippen molar-refractivity contribution in [3.8, 4) is 0 Å². The molecule has 3 N–H and O–H groups in total. The van der Waals surface area contributed by atoms with Crippen molar-refractivity contribution in [3.63, 3.8) is 0 Å². The third-order valence-electron chi connectivity index (χ3n) is 2.56. The molecule has 0 saturated heterocycles. The average Bonchev–Trinajstić information content (AvgIpc) is 2.39. The first-order valence-electron chi connectivity index (χ1n) is 5.53. The topological polar surface area (TPSA) is 50.9 Å². The van der Waals surface area contributed by atoms with E-state index in [1.54, 1.807) is 0 Å². The maximum atomic E-state index is 13.5. The highest BCUT2D eigenvalue weighted by atomic mass is 19.1. The molecular weight excluding hydrogens is 236 g/mol. The number of pyridine rings is 1. The second-order valence-electron chi connectivity index (χ2n) is 3.83. The van der Waals surface area contributed by atoms with E-state index in [9.17, 15) is 8.78 Å². The van der Waals surface area contributed by atoms with E-state index < -0.39 is 11.6 Å². The number of nitrogens with zero attached hydrogens (tertiary/aromatic N) is 1. The zero-order chi connectivity index (χ0) is 13.0. The van der Waals surface area contributed by atoms with Crippen LogP contribution in [0.1, 0.15) is 11.6 Å². The molecule has 1 unspecified atom stereocenters. The number of benzene rings is 1. The van der Waals surface area contributed by atoms with Crippen LogP contribution in [0.2, 0.25) is 0 Å². The van der Waals surface area contributed by atoms with Gasteiger partial charge < -0.3 is 11.1 Å². The smallest absolute Gasteiger partial charge is 0.168 e. The Morgan fingerprint density at radius 2 is 1.94 bits per heavy atom. The minimum Gasteiger partial charge on any atom is -0.360 e. The van der Waals surface area contributed by atoms with Gasteiger partial charge in [0.15, 0.2) is 11.6 Å². The summed E-state index contributed by atoms with van der Waals surface area (Å²) in [6.07, 6.45) is 0.962. The molecule has 0 saturated carbocycles. The van der Waals surface area contributed by atoms with Crippen LogP contribution in [0.5, 0.6) is 0 Å². The second-order valence-corrected chi connectivity index (χ2v) is 3.83. The van der Waals surface area contributed by atoms with E-state index in [1.165, 1.54) is 0 Å². The van der Waals surface area contributed by atoms with Crippen LogP contribution in [0, 0.1) is 11.6 Å². The molecule has 0 aliphatic rings. The van der Waals surface area contributed by atoms with Gasteiger partial charge in [-0.15, -0.1) is 0 Å². The number of anilines is 1. The molecule has 0 bridgehead atoms. The van der Waals surface area contributed by atoms with E-state index in [4.69, 9.17) is 5.73 Å². The highest BCUT2D eigenvalue weighted by molar-refractivity contribution is 5.39. The van der Waals surface area contributed by atoms with Gasteiger partial charge in [-0.1, -0.05) is 30.3 Å². The third-order valence-corrected chi connectivity index (χ3v) is 2.56. The molecule has 1 aromatic carbocycles. The van der Waals surface area contributed by atoms with Crippen molar-refractivity contribution in [2.75, 3.05) is 11.9 Å². The van der Waals surface area contributed by atoms with Crippen molar-refractivity contribution in [2.24, 2.45) is 5.73 Å². The molecule has 1 aromatic heterocycles. The number of hydrogen-bond donors (Lipinski definition) is 2. The summed E-state index contributed by atoms with van der Waals surface area (Å²) in [6.45, 7) is 0.280. The second kappa shape index (κ2) is 5.55. The van der Waals surface area contributed by atoms with Gasteiger partial charge in [-0.2, -0.15) is 0 Å². The molecular formula is C13H13F2N3. The molecule has 0 fully saturated rings. The van der Waals surface area contributed by atoms with Crippen LogP contribution < -0.4 is 11.1 Å². The van der Waals surface area contributed by atoms with E-state index in [-0.39, 0.29) is 18.4 Å². The highest BCUT2D eigenvalue weighted by Gasteiger charge is 2.12. The molecule has 3 nitrogen and oxygen atoms in total. The van der Waals surface area contributed by atoms with E-state index in [1.807, 2.05) is 30.3 Å². The lowest BCUT2D eigenvalue weighted by Gasteiger charge is -2.18. The summed E-state index contributed by atoms with van der Waals surface area (Å²) in [7, 11) is 0. The minimum atomic E-state index is -0.732. The van der Waals surface area contributed by atoms with Crippen molar-refractivity contribution in [1.82, 2.24) is 4.98 Å². The van der Waals surface area contributed by atoms with Crippen LogP contribution in [0.25, 0.3) is 0 Å². The zero-order valence-electron chi connectivity index (χ0n) is 9.61. The summed E-state index contributed by atoms with van der Waals surface area (Å²) >= 11 is 0. The van der Waals surface area contributed by atoms with E-state index in [0.717, 1.165) is 17.8 Å². The van der Waals surface area contributed by atoms with Crippen molar-refractivity contribution in [2.45, 2.75) is 6.04 Å². The molecule has 94 valence electrons. The molecule has 0 radical (unpaired) electrons. The van der Waals surface area contributed by atoms with Gasteiger partial charge >= 0.3 is 0 Å². The fourth-order valence-electron chi connectivity index (χ4n) is 1.65. The molecule has 0 aliphatic heterocycles. The number of aromatic nitrogens is 1. The summed E-state index contributed by atoms with van der Waals surface area (Å²) in [5, 5.41) is 2.86. The zero-order valence-corrected chi connectivity index (χ0v) is 9.61. The van der Waals surface area contributed by atoms with Gasteiger partial charge in [0.25, 0.3) is 0 Å². The molecule has 0 amide bonds. The molecule has 1 heterocycles. The van der Waals surface area contributed by atoms with Gasteiger partial charge in [0.2, 0.25) is 0 Å². The first-order valence-corrected chi connectivity index (χ1v) is 5.53. The highest BCUT2D eigenvalue weighted by Crippen LogP contribution is 2.19. The normalized spacial score (nSPS) is 12.2.